The Bertz CT molecular complexity index is 589. The average Bonchev–Trinajstić information content (AvgIpc) is 2.55. The van der Waals surface area contributed by atoms with E-state index >= 15 is 0 Å². The SMILES string of the molecule is CCCCCCOC1(O)C=CC(C(=O)c2ccccc2)=C(O)C1. The van der Waals surface area contributed by atoms with E-state index in [2.05, 4.69) is 6.92 Å². The van der Waals surface area contributed by atoms with Crippen molar-refractivity contribution >= 4 is 5.78 Å². The minimum Gasteiger partial charge on any atom is -0.511 e. The first-order chi connectivity index (χ1) is 11.1. The second-order valence-corrected chi connectivity index (χ2v) is 5.82. The fourth-order valence-electron chi connectivity index (χ4n) is 2.53. The molecule has 0 fully saturated rings. The van der Waals surface area contributed by atoms with Crippen LogP contribution in [0.3, 0.4) is 0 Å². The van der Waals surface area contributed by atoms with Crippen LogP contribution in [0, 0.1) is 0 Å². The van der Waals surface area contributed by atoms with Gasteiger partial charge in [0.15, 0.2) is 11.6 Å². The summed E-state index contributed by atoms with van der Waals surface area (Å²) in [6, 6.07) is 8.76. The summed E-state index contributed by atoms with van der Waals surface area (Å²) in [7, 11) is 0. The van der Waals surface area contributed by atoms with E-state index in [1.54, 1.807) is 24.3 Å². The molecule has 0 heterocycles. The number of unbranched alkanes of at least 4 members (excludes halogenated alkanes) is 3. The summed E-state index contributed by atoms with van der Waals surface area (Å²) in [5, 5.41) is 20.5. The Labute approximate surface area is 137 Å². The van der Waals surface area contributed by atoms with E-state index in [0.29, 0.717) is 12.2 Å². The summed E-state index contributed by atoms with van der Waals surface area (Å²) < 4.78 is 5.48. The molecule has 0 amide bonds. The smallest absolute Gasteiger partial charge is 0.196 e. The predicted octanol–water partition coefficient (Wildman–Crippen LogP) is 3.93. The molecule has 2 rings (SSSR count). The van der Waals surface area contributed by atoms with E-state index in [1.807, 2.05) is 6.07 Å². The lowest BCUT2D eigenvalue weighted by Gasteiger charge is -2.28. The molecule has 1 aromatic carbocycles. The van der Waals surface area contributed by atoms with Crippen LogP contribution in [0.5, 0.6) is 0 Å². The number of carbonyl (C=O) groups excluding carboxylic acids is 1. The summed E-state index contributed by atoms with van der Waals surface area (Å²) >= 11 is 0. The Kier molecular flexibility index (Phi) is 6.13. The lowest BCUT2D eigenvalue weighted by molar-refractivity contribution is -0.170. The third-order valence-electron chi connectivity index (χ3n) is 3.87. The molecule has 2 N–H and O–H groups in total. The quantitative estimate of drug-likeness (QED) is 0.433. The van der Waals surface area contributed by atoms with Gasteiger partial charge >= 0.3 is 0 Å². The highest BCUT2D eigenvalue weighted by Gasteiger charge is 2.32. The highest BCUT2D eigenvalue weighted by atomic mass is 16.6. The van der Waals surface area contributed by atoms with Crippen molar-refractivity contribution in [3.05, 3.63) is 59.4 Å². The molecule has 1 unspecified atom stereocenters. The Balaban J connectivity index is 1.97. The number of benzene rings is 1. The van der Waals surface area contributed by atoms with Crippen LogP contribution in [0.1, 0.15) is 49.4 Å². The standard InChI is InChI=1S/C19H24O4/c1-2-3-4-8-13-23-19(22)12-11-16(17(20)14-19)18(21)15-9-6-5-7-10-15/h5-7,9-12,20,22H,2-4,8,13-14H2,1H3. The van der Waals surface area contributed by atoms with Gasteiger partial charge in [-0.05, 0) is 18.6 Å². The molecule has 0 aromatic heterocycles. The normalized spacial score (nSPS) is 20.8. The van der Waals surface area contributed by atoms with Crippen molar-refractivity contribution in [1.82, 2.24) is 0 Å². The monoisotopic (exact) mass is 316 g/mol. The van der Waals surface area contributed by atoms with E-state index in [0.717, 1.165) is 25.7 Å². The number of ether oxygens (including phenoxy) is 1. The maximum atomic E-state index is 12.4. The molecule has 0 radical (unpaired) electrons. The van der Waals surface area contributed by atoms with Gasteiger partial charge in [-0.1, -0.05) is 56.5 Å². The number of hydrogen-bond acceptors (Lipinski definition) is 4. The summed E-state index contributed by atoms with van der Waals surface area (Å²) in [6.45, 7) is 2.56. The van der Waals surface area contributed by atoms with Crippen molar-refractivity contribution < 1.29 is 19.7 Å². The van der Waals surface area contributed by atoms with Gasteiger partial charge in [0.05, 0.1) is 18.6 Å². The van der Waals surface area contributed by atoms with Crippen molar-refractivity contribution in [3.63, 3.8) is 0 Å². The molecule has 1 aliphatic carbocycles. The van der Waals surface area contributed by atoms with Gasteiger partial charge < -0.3 is 14.9 Å². The minimum absolute atomic E-state index is 0.106. The molecule has 4 heteroatoms. The number of hydrogen-bond donors (Lipinski definition) is 2. The van der Waals surface area contributed by atoms with Crippen molar-refractivity contribution in [2.75, 3.05) is 6.61 Å². The molecule has 0 bridgehead atoms. The molecule has 4 nitrogen and oxygen atoms in total. The van der Waals surface area contributed by atoms with Gasteiger partial charge in [-0.25, -0.2) is 0 Å². The van der Waals surface area contributed by atoms with Gasteiger partial charge in [0, 0.05) is 5.56 Å². The van der Waals surface area contributed by atoms with Gasteiger partial charge in [0.1, 0.15) is 5.76 Å². The van der Waals surface area contributed by atoms with Crippen molar-refractivity contribution in [2.45, 2.75) is 44.8 Å². The Hall–Kier alpha value is -1.91. The number of carbonyl (C=O) groups is 1. The zero-order valence-electron chi connectivity index (χ0n) is 13.5. The van der Waals surface area contributed by atoms with Crippen LogP contribution in [0.15, 0.2) is 53.8 Å². The minimum atomic E-state index is -1.53. The number of rotatable bonds is 8. The van der Waals surface area contributed by atoms with Gasteiger partial charge in [0.2, 0.25) is 0 Å². The molecule has 0 saturated carbocycles. The number of Topliss-reactive ketones (excluding diaryl/α,β-unsaturated/α-hetero) is 1. The van der Waals surface area contributed by atoms with E-state index in [-0.39, 0.29) is 23.5 Å². The molecule has 0 aliphatic heterocycles. The Morgan fingerprint density at radius 2 is 1.96 bits per heavy atom. The summed E-state index contributed by atoms with van der Waals surface area (Å²) in [4.78, 5) is 12.4. The van der Waals surface area contributed by atoms with Crippen LogP contribution in [0.4, 0.5) is 0 Å². The molecule has 1 aromatic rings. The lowest BCUT2D eigenvalue weighted by atomic mass is 9.94. The predicted molar refractivity (Wildman–Crippen MR) is 89.2 cm³/mol. The molecular formula is C19H24O4. The van der Waals surface area contributed by atoms with E-state index < -0.39 is 5.79 Å². The third-order valence-corrected chi connectivity index (χ3v) is 3.87. The molecule has 0 saturated heterocycles. The van der Waals surface area contributed by atoms with Gasteiger partial charge in [-0.3, -0.25) is 4.79 Å². The van der Waals surface area contributed by atoms with Crippen molar-refractivity contribution in [1.29, 1.82) is 0 Å². The third kappa shape index (κ3) is 4.78. The molecule has 0 spiro atoms. The Morgan fingerprint density at radius 3 is 2.61 bits per heavy atom. The average molecular weight is 316 g/mol. The van der Waals surface area contributed by atoms with Gasteiger partial charge in [0.25, 0.3) is 0 Å². The van der Waals surface area contributed by atoms with E-state index in [4.69, 9.17) is 4.74 Å². The molecule has 1 atom stereocenters. The van der Waals surface area contributed by atoms with Crippen LogP contribution in [-0.2, 0) is 4.74 Å². The Morgan fingerprint density at radius 1 is 1.22 bits per heavy atom. The molecule has 1 aliphatic rings. The first-order valence-corrected chi connectivity index (χ1v) is 8.13. The number of aliphatic hydroxyl groups is 2. The number of ketones is 1. The highest BCUT2D eigenvalue weighted by Crippen LogP contribution is 2.28. The van der Waals surface area contributed by atoms with Crippen molar-refractivity contribution in [2.24, 2.45) is 0 Å². The van der Waals surface area contributed by atoms with Crippen LogP contribution in [0.25, 0.3) is 0 Å². The van der Waals surface area contributed by atoms with Crippen LogP contribution in [-0.4, -0.2) is 28.4 Å². The maximum Gasteiger partial charge on any atom is 0.196 e. The molecular weight excluding hydrogens is 292 g/mol. The zero-order valence-corrected chi connectivity index (χ0v) is 13.5. The van der Waals surface area contributed by atoms with Gasteiger partial charge in [-0.15, -0.1) is 0 Å². The number of aliphatic hydroxyl groups excluding tert-OH is 1. The largest absolute Gasteiger partial charge is 0.511 e. The second kappa shape index (κ2) is 8.09. The van der Waals surface area contributed by atoms with Gasteiger partial charge in [-0.2, -0.15) is 0 Å². The maximum absolute atomic E-state index is 12.4. The topological polar surface area (TPSA) is 66.8 Å². The first kappa shape index (κ1) is 17.4. The molecule has 124 valence electrons. The highest BCUT2D eigenvalue weighted by molar-refractivity contribution is 6.11. The van der Waals surface area contributed by atoms with Crippen LogP contribution in [0.2, 0.25) is 0 Å². The second-order valence-electron chi connectivity index (χ2n) is 5.82. The lowest BCUT2D eigenvalue weighted by Crippen LogP contribution is -2.33. The van der Waals surface area contributed by atoms with E-state index in [9.17, 15) is 15.0 Å². The summed E-state index contributed by atoms with van der Waals surface area (Å²) in [5.74, 6) is -1.93. The first-order valence-electron chi connectivity index (χ1n) is 8.13. The van der Waals surface area contributed by atoms with Crippen LogP contribution >= 0.6 is 0 Å². The summed E-state index contributed by atoms with van der Waals surface area (Å²) in [5.41, 5.74) is 0.708. The summed E-state index contributed by atoms with van der Waals surface area (Å²) in [6.07, 6.45) is 6.98. The van der Waals surface area contributed by atoms with Crippen LogP contribution < -0.4 is 0 Å². The molecule has 23 heavy (non-hydrogen) atoms. The van der Waals surface area contributed by atoms with E-state index in [1.165, 1.54) is 12.2 Å². The fourth-order valence-corrected chi connectivity index (χ4v) is 2.53. The van der Waals surface area contributed by atoms with Crippen molar-refractivity contribution in [3.8, 4) is 0 Å². The zero-order chi connectivity index (χ0) is 16.7. The fraction of sp³-hybridized carbons (Fsp3) is 0.421. The number of allylic oxidation sites excluding steroid dienone is 2.